The van der Waals surface area contributed by atoms with E-state index in [4.69, 9.17) is 0 Å². The van der Waals surface area contributed by atoms with Gasteiger partial charge >= 0.3 is 0 Å². The molecule has 124 valence electrons. The Morgan fingerprint density at radius 3 is 2.96 bits per heavy atom. The Kier molecular flexibility index (Phi) is 4.05. The summed E-state index contributed by atoms with van der Waals surface area (Å²) in [6.45, 7) is -0.0245. The van der Waals surface area contributed by atoms with Gasteiger partial charge in [0, 0.05) is 29.2 Å². The van der Waals surface area contributed by atoms with Crippen LogP contribution in [0, 0.1) is 0 Å². The molecule has 3 N–H and O–H groups in total. The van der Waals surface area contributed by atoms with Gasteiger partial charge in [-0.05, 0) is 46.2 Å². The normalized spacial score (nSPS) is 14.4. The number of carbonyl (C=O) groups is 1. The molecular weight excluding hydrogens is 334 g/mol. The first-order valence-corrected chi connectivity index (χ1v) is 8.70. The molecule has 0 atom stereocenters. The fraction of sp³-hybridized carbons (Fsp3) is 0.0526. The van der Waals surface area contributed by atoms with Gasteiger partial charge in [-0.15, -0.1) is 0 Å². The molecule has 0 aliphatic carbocycles. The summed E-state index contributed by atoms with van der Waals surface area (Å²) in [7, 11) is 0. The molecule has 1 aliphatic heterocycles. The van der Waals surface area contributed by atoms with E-state index >= 15 is 0 Å². The second-order valence-electron chi connectivity index (χ2n) is 5.65. The summed E-state index contributed by atoms with van der Waals surface area (Å²) in [6.07, 6.45) is 3.44. The lowest BCUT2D eigenvalue weighted by molar-refractivity contribution is -0.110. The Labute approximate surface area is 148 Å². The number of aliphatic hydroxyl groups excluding tert-OH is 1. The molecule has 0 spiro atoms. The topological polar surface area (TPSA) is 74.2 Å². The van der Waals surface area contributed by atoms with E-state index in [9.17, 15) is 9.90 Å². The van der Waals surface area contributed by atoms with Crippen LogP contribution in [0.1, 0.15) is 11.1 Å². The van der Waals surface area contributed by atoms with Gasteiger partial charge in [0.2, 0.25) is 0 Å². The van der Waals surface area contributed by atoms with Gasteiger partial charge in [0.1, 0.15) is 5.82 Å². The molecule has 1 amide bonds. The first-order valence-electron chi connectivity index (χ1n) is 7.75. The predicted molar refractivity (Wildman–Crippen MR) is 100 cm³/mol. The summed E-state index contributed by atoms with van der Waals surface area (Å²) in [6, 6.07) is 11.4. The minimum atomic E-state index is -0.184. The van der Waals surface area contributed by atoms with Crippen LogP contribution in [0.4, 0.5) is 11.5 Å². The second kappa shape index (κ2) is 6.51. The summed E-state index contributed by atoms with van der Waals surface area (Å²) >= 11 is 1.62. The van der Waals surface area contributed by atoms with E-state index in [-0.39, 0.29) is 12.5 Å². The highest BCUT2D eigenvalue weighted by Crippen LogP contribution is 2.33. The van der Waals surface area contributed by atoms with E-state index in [1.807, 2.05) is 41.8 Å². The quantitative estimate of drug-likeness (QED) is 0.628. The number of aromatic nitrogens is 1. The number of nitrogens with one attached hydrogen (secondary N) is 2. The molecular formula is C19H15N3O2S. The maximum Gasteiger partial charge on any atom is 0.259 e. The van der Waals surface area contributed by atoms with Crippen molar-refractivity contribution in [2.24, 2.45) is 0 Å². The zero-order valence-electron chi connectivity index (χ0n) is 13.2. The van der Waals surface area contributed by atoms with E-state index < -0.39 is 0 Å². The third kappa shape index (κ3) is 3.05. The van der Waals surface area contributed by atoms with Crippen LogP contribution in [0.3, 0.4) is 0 Å². The van der Waals surface area contributed by atoms with Crippen LogP contribution in [-0.4, -0.2) is 16.0 Å². The molecule has 0 saturated heterocycles. The lowest BCUT2D eigenvalue weighted by Crippen LogP contribution is -2.05. The molecule has 3 heterocycles. The van der Waals surface area contributed by atoms with Crippen molar-refractivity contribution in [1.82, 2.24) is 4.98 Å². The van der Waals surface area contributed by atoms with Crippen molar-refractivity contribution in [2.75, 3.05) is 10.6 Å². The van der Waals surface area contributed by atoms with E-state index in [0.29, 0.717) is 11.4 Å². The number of anilines is 2. The van der Waals surface area contributed by atoms with Crippen molar-refractivity contribution in [3.05, 3.63) is 70.7 Å². The van der Waals surface area contributed by atoms with Crippen molar-refractivity contribution in [2.45, 2.75) is 6.61 Å². The van der Waals surface area contributed by atoms with Gasteiger partial charge in [-0.1, -0.05) is 12.1 Å². The van der Waals surface area contributed by atoms with Crippen molar-refractivity contribution >= 4 is 34.3 Å². The molecule has 0 saturated carbocycles. The molecule has 2 aromatic heterocycles. The fourth-order valence-electron chi connectivity index (χ4n) is 2.71. The largest absolute Gasteiger partial charge is 0.392 e. The average molecular weight is 349 g/mol. The molecule has 1 aromatic carbocycles. The smallest absolute Gasteiger partial charge is 0.259 e. The van der Waals surface area contributed by atoms with Crippen LogP contribution in [0.2, 0.25) is 0 Å². The number of benzene rings is 1. The first kappa shape index (κ1) is 15.6. The number of nitrogens with zero attached hydrogens (tertiary/aromatic N) is 1. The van der Waals surface area contributed by atoms with Crippen molar-refractivity contribution in [3.8, 4) is 11.1 Å². The van der Waals surface area contributed by atoms with Gasteiger partial charge in [-0.2, -0.15) is 11.3 Å². The zero-order valence-corrected chi connectivity index (χ0v) is 14.0. The Bertz CT molecular complexity index is 965. The van der Waals surface area contributed by atoms with Gasteiger partial charge in [0.05, 0.1) is 12.2 Å². The summed E-state index contributed by atoms with van der Waals surface area (Å²) in [5.41, 5.74) is 4.99. The molecule has 0 unspecified atom stereocenters. The molecule has 5 nitrogen and oxygen atoms in total. The van der Waals surface area contributed by atoms with Crippen molar-refractivity contribution in [1.29, 1.82) is 0 Å². The Morgan fingerprint density at radius 1 is 1.24 bits per heavy atom. The molecule has 0 fully saturated rings. The summed E-state index contributed by atoms with van der Waals surface area (Å²) < 4.78 is 0. The third-order valence-corrected chi connectivity index (χ3v) is 4.68. The zero-order chi connectivity index (χ0) is 17.2. The molecule has 25 heavy (non-hydrogen) atoms. The van der Waals surface area contributed by atoms with Gasteiger partial charge in [-0.25, -0.2) is 4.98 Å². The van der Waals surface area contributed by atoms with Gasteiger partial charge < -0.3 is 15.7 Å². The lowest BCUT2D eigenvalue weighted by atomic mass is 10.1. The molecule has 0 radical (unpaired) electrons. The van der Waals surface area contributed by atoms with E-state index in [2.05, 4.69) is 21.0 Å². The fourth-order valence-corrected chi connectivity index (χ4v) is 3.38. The van der Waals surface area contributed by atoms with Crippen LogP contribution in [0.25, 0.3) is 16.7 Å². The number of hydrogen-bond acceptors (Lipinski definition) is 5. The molecule has 0 bridgehead atoms. The number of pyridine rings is 1. The Morgan fingerprint density at radius 2 is 2.16 bits per heavy atom. The summed E-state index contributed by atoms with van der Waals surface area (Å²) in [5, 5.41) is 19.2. The number of carbonyl (C=O) groups excluding carboxylic acids is 1. The number of rotatable bonds is 4. The highest BCUT2D eigenvalue weighted by molar-refractivity contribution is 7.08. The van der Waals surface area contributed by atoms with E-state index in [1.165, 1.54) is 0 Å². The van der Waals surface area contributed by atoms with Crippen LogP contribution in [-0.2, 0) is 11.4 Å². The van der Waals surface area contributed by atoms with E-state index in [0.717, 1.165) is 27.9 Å². The SMILES string of the molecule is O=C1Nc2ncc(-c3ccsc3)cc2C1=CNc1cccc(CO)c1. The standard InChI is InChI=1S/C19H15N3O2S/c23-10-12-2-1-3-15(6-12)20-9-17-16-7-14(13-4-5-25-11-13)8-21-18(16)22-19(17)24/h1-9,11,20,23H,10H2,(H,21,22,24). The van der Waals surface area contributed by atoms with Crippen LogP contribution in [0.5, 0.6) is 0 Å². The number of hydrogen-bond donors (Lipinski definition) is 3. The van der Waals surface area contributed by atoms with Gasteiger partial charge in [-0.3, -0.25) is 4.79 Å². The van der Waals surface area contributed by atoms with Gasteiger partial charge in [0.15, 0.2) is 0 Å². The summed E-state index contributed by atoms with van der Waals surface area (Å²) in [5.74, 6) is 0.386. The third-order valence-electron chi connectivity index (χ3n) is 4.00. The highest BCUT2D eigenvalue weighted by Gasteiger charge is 2.25. The first-order chi connectivity index (χ1) is 12.2. The molecule has 3 aromatic rings. The number of fused-ring (bicyclic) bond motifs is 1. The molecule has 4 rings (SSSR count). The minimum Gasteiger partial charge on any atom is -0.392 e. The maximum absolute atomic E-state index is 12.3. The molecule has 6 heteroatoms. The average Bonchev–Trinajstić information content (AvgIpc) is 3.27. The van der Waals surface area contributed by atoms with Gasteiger partial charge in [0.25, 0.3) is 5.91 Å². The Hall–Kier alpha value is -2.96. The molecule has 1 aliphatic rings. The van der Waals surface area contributed by atoms with Crippen LogP contribution in [0.15, 0.2) is 59.6 Å². The van der Waals surface area contributed by atoms with Crippen molar-refractivity contribution < 1.29 is 9.90 Å². The predicted octanol–water partition coefficient (Wildman–Crippen LogP) is 3.71. The van der Waals surface area contributed by atoms with Crippen LogP contribution < -0.4 is 10.6 Å². The van der Waals surface area contributed by atoms with Crippen LogP contribution >= 0.6 is 11.3 Å². The summed E-state index contributed by atoms with van der Waals surface area (Å²) in [4.78, 5) is 16.6. The van der Waals surface area contributed by atoms with Crippen molar-refractivity contribution in [3.63, 3.8) is 0 Å². The number of aliphatic hydroxyl groups is 1. The van der Waals surface area contributed by atoms with E-state index in [1.54, 1.807) is 23.7 Å². The minimum absolute atomic E-state index is 0.0245. The highest BCUT2D eigenvalue weighted by atomic mass is 32.1. The number of amides is 1. The Balaban J connectivity index is 1.67. The lowest BCUT2D eigenvalue weighted by Gasteiger charge is -2.05. The monoisotopic (exact) mass is 349 g/mol. The maximum atomic E-state index is 12.3. The second-order valence-corrected chi connectivity index (χ2v) is 6.43. The number of thiophene rings is 1.